The lowest BCUT2D eigenvalue weighted by molar-refractivity contribution is -0.116. The summed E-state index contributed by atoms with van der Waals surface area (Å²) >= 11 is 0. The van der Waals surface area contributed by atoms with Gasteiger partial charge in [0.05, 0.1) is 6.61 Å². The lowest BCUT2D eigenvalue weighted by atomic mass is 10.1. The number of rotatable bonds is 6. The van der Waals surface area contributed by atoms with Crippen molar-refractivity contribution in [2.45, 2.75) is 19.8 Å². The lowest BCUT2D eigenvalue weighted by Gasteiger charge is -2.09. The third-order valence-electron chi connectivity index (χ3n) is 2.65. The van der Waals surface area contributed by atoms with E-state index < -0.39 is 0 Å². The van der Waals surface area contributed by atoms with Gasteiger partial charge in [0.25, 0.3) is 0 Å². The van der Waals surface area contributed by atoms with Gasteiger partial charge in [0.15, 0.2) is 0 Å². The molecule has 0 spiro atoms. The maximum absolute atomic E-state index is 11.7. The van der Waals surface area contributed by atoms with E-state index in [1.165, 1.54) is 0 Å². The Morgan fingerprint density at radius 1 is 1.42 bits per heavy atom. The first-order valence-corrected chi connectivity index (χ1v) is 6.29. The molecular formula is C14H17N3O2. The van der Waals surface area contributed by atoms with Gasteiger partial charge in [0.1, 0.15) is 5.75 Å². The van der Waals surface area contributed by atoms with Gasteiger partial charge < -0.3 is 9.72 Å². The van der Waals surface area contributed by atoms with Gasteiger partial charge in [-0.05, 0) is 25.0 Å². The highest BCUT2D eigenvalue weighted by molar-refractivity contribution is 5.89. The molecule has 0 bridgehead atoms. The molecule has 0 atom stereocenters. The molecule has 0 aliphatic heterocycles. The van der Waals surface area contributed by atoms with E-state index in [1.807, 2.05) is 31.2 Å². The van der Waals surface area contributed by atoms with Crippen molar-refractivity contribution in [1.82, 2.24) is 9.97 Å². The first-order chi connectivity index (χ1) is 9.29. The third kappa shape index (κ3) is 3.84. The fourth-order valence-corrected chi connectivity index (χ4v) is 1.78. The molecule has 0 saturated heterocycles. The number of anilines is 1. The Hall–Kier alpha value is -2.30. The summed E-state index contributed by atoms with van der Waals surface area (Å²) in [6.45, 7) is 2.57. The van der Waals surface area contributed by atoms with E-state index in [1.54, 1.807) is 12.4 Å². The Bertz CT molecular complexity index is 523. The summed E-state index contributed by atoms with van der Waals surface area (Å²) < 4.78 is 5.52. The minimum Gasteiger partial charge on any atom is -0.494 e. The van der Waals surface area contributed by atoms with Gasteiger partial charge in [-0.25, -0.2) is 4.98 Å². The number of amides is 1. The van der Waals surface area contributed by atoms with Crippen molar-refractivity contribution < 1.29 is 9.53 Å². The fourth-order valence-electron chi connectivity index (χ4n) is 1.78. The smallest absolute Gasteiger partial charge is 0.227 e. The summed E-state index contributed by atoms with van der Waals surface area (Å²) in [5.41, 5.74) is 1.04. The number of para-hydroxylation sites is 1. The summed E-state index contributed by atoms with van der Waals surface area (Å²) in [6, 6.07) is 7.77. The highest BCUT2D eigenvalue weighted by Crippen LogP contribution is 2.19. The molecule has 2 rings (SSSR count). The number of aromatic amines is 1. The van der Waals surface area contributed by atoms with Gasteiger partial charge >= 0.3 is 0 Å². The average molecular weight is 259 g/mol. The van der Waals surface area contributed by atoms with E-state index >= 15 is 0 Å². The first kappa shape index (κ1) is 13.1. The maximum Gasteiger partial charge on any atom is 0.227 e. The van der Waals surface area contributed by atoms with Crippen LogP contribution in [0.4, 0.5) is 5.95 Å². The quantitative estimate of drug-likeness (QED) is 0.837. The standard InChI is InChI=1S/C14H17N3O2/c1-2-19-12-6-4-3-5-11(12)7-8-13(18)17-14-15-9-10-16-14/h3-6,9-10H,2,7-8H2,1H3,(H2,15,16,17,18). The third-order valence-corrected chi connectivity index (χ3v) is 2.65. The Balaban J connectivity index is 1.89. The van der Waals surface area contributed by atoms with Gasteiger partial charge in [-0.3, -0.25) is 10.1 Å². The van der Waals surface area contributed by atoms with E-state index in [0.29, 0.717) is 25.4 Å². The summed E-state index contributed by atoms with van der Waals surface area (Å²) in [5.74, 6) is 1.25. The summed E-state index contributed by atoms with van der Waals surface area (Å²) in [7, 11) is 0. The summed E-state index contributed by atoms with van der Waals surface area (Å²) in [6.07, 6.45) is 4.30. The lowest BCUT2D eigenvalue weighted by Crippen LogP contribution is -2.13. The number of hydrogen-bond donors (Lipinski definition) is 2. The SMILES string of the molecule is CCOc1ccccc1CCC(=O)Nc1ncc[nH]1. The molecule has 0 saturated carbocycles. The van der Waals surface area contributed by atoms with Crippen molar-refractivity contribution in [3.8, 4) is 5.75 Å². The molecule has 0 aliphatic rings. The second kappa shape index (κ2) is 6.58. The van der Waals surface area contributed by atoms with Crippen molar-refractivity contribution in [2.24, 2.45) is 0 Å². The number of aromatic nitrogens is 2. The molecule has 5 heteroatoms. The predicted molar refractivity (Wildman–Crippen MR) is 73.1 cm³/mol. The minimum absolute atomic E-state index is 0.0683. The topological polar surface area (TPSA) is 67.0 Å². The number of aryl methyl sites for hydroxylation is 1. The average Bonchev–Trinajstić information content (AvgIpc) is 2.91. The molecule has 1 aromatic heterocycles. The largest absolute Gasteiger partial charge is 0.494 e. The van der Waals surface area contributed by atoms with Crippen LogP contribution in [-0.4, -0.2) is 22.5 Å². The number of ether oxygens (including phenoxy) is 1. The van der Waals surface area contributed by atoms with E-state index in [4.69, 9.17) is 4.74 Å². The molecule has 19 heavy (non-hydrogen) atoms. The molecule has 0 radical (unpaired) electrons. The fraction of sp³-hybridized carbons (Fsp3) is 0.286. The molecule has 1 heterocycles. The monoisotopic (exact) mass is 259 g/mol. The van der Waals surface area contributed by atoms with E-state index in [2.05, 4.69) is 15.3 Å². The number of H-pyrrole nitrogens is 1. The van der Waals surface area contributed by atoms with Crippen LogP contribution in [0.1, 0.15) is 18.9 Å². The summed E-state index contributed by atoms with van der Waals surface area (Å²) in [5, 5.41) is 2.70. The maximum atomic E-state index is 11.7. The van der Waals surface area contributed by atoms with Crippen LogP contribution >= 0.6 is 0 Å². The Morgan fingerprint density at radius 3 is 3.00 bits per heavy atom. The van der Waals surface area contributed by atoms with Crippen LogP contribution in [0.2, 0.25) is 0 Å². The van der Waals surface area contributed by atoms with Crippen molar-refractivity contribution in [3.05, 3.63) is 42.2 Å². The number of carbonyl (C=O) groups excluding carboxylic acids is 1. The van der Waals surface area contributed by atoms with Crippen molar-refractivity contribution in [2.75, 3.05) is 11.9 Å². The van der Waals surface area contributed by atoms with Crippen LogP contribution < -0.4 is 10.1 Å². The molecule has 1 amide bonds. The number of carbonyl (C=O) groups is 1. The first-order valence-electron chi connectivity index (χ1n) is 6.29. The zero-order valence-corrected chi connectivity index (χ0v) is 10.8. The molecule has 0 fully saturated rings. The molecular weight excluding hydrogens is 242 g/mol. The van der Waals surface area contributed by atoms with Gasteiger partial charge in [-0.15, -0.1) is 0 Å². The predicted octanol–water partition coefficient (Wildman–Crippen LogP) is 2.38. The van der Waals surface area contributed by atoms with Crippen LogP contribution in [0.3, 0.4) is 0 Å². The second-order valence-corrected chi connectivity index (χ2v) is 4.03. The van der Waals surface area contributed by atoms with Crippen LogP contribution in [0.15, 0.2) is 36.7 Å². The highest BCUT2D eigenvalue weighted by atomic mass is 16.5. The number of benzene rings is 1. The zero-order valence-electron chi connectivity index (χ0n) is 10.8. The Morgan fingerprint density at radius 2 is 2.26 bits per heavy atom. The minimum atomic E-state index is -0.0683. The highest BCUT2D eigenvalue weighted by Gasteiger charge is 2.07. The van der Waals surface area contributed by atoms with Crippen LogP contribution in [-0.2, 0) is 11.2 Å². The Kier molecular flexibility index (Phi) is 4.55. The van der Waals surface area contributed by atoms with Gasteiger partial charge in [0.2, 0.25) is 11.9 Å². The molecule has 1 aromatic carbocycles. The van der Waals surface area contributed by atoms with Crippen LogP contribution in [0.25, 0.3) is 0 Å². The molecule has 0 aliphatic carbocycles. The number of nitrogens with zero attached hydrogens (tertiary/aromatic N) is 1. The van der Waals surface area contributed by atoms with Crippen molar-refractivity contribution >= 4 is 11.9 Å². The van der Waals surface area contributed by atoms with E-state index in [0.717, 1.165) is 11.3 Å². The van der Waals surface area contributed by atoms with E-state index in [9.17, 15) is 4.79 Å². The normalized spacial score (nSPS) is 10.2. The van der Waals surface area contributed by atoms with Crippen LogP contribution in [0, 0.1) is 0 Å². The molecule has 5 nitrogen and oxygen atoms in total. The van der Waals surface area contributed by atoms with Gasteiger partial charge in [-0.2, -0.15) is 0 Å². The van der Waals surface area contributed by atoms with Crippen molar-refractivity contribution in [1.29, 1.82) is 0 Å². The van der Waals surface area contributed by atoms with Crippen LogP contribution in [0.5, 0.6) is 5.75 Å². The zero-order chi connectivity index (χ0) is 13.5. The van der Waals surface area contributed by atoms with E-state index in [-0.39, 0.29) is 5.91 Å². The Labute approximate surface area is 112 Å². The van der Waals surface area contributed by atoms with Gasteiger partial charge in [0, 0.05) is 18.8 Å². The number of nitrogens with one attached hydrogen (secondary N) is 2. The molecule has 2 N–H and O–H groups in total. The second-order valence-electron chi connectivity index (χ2n) is 4.03. The van der Waals surface area contributed by atoms with Gasteiger partial charge in [-0.1, -0.05) is 18.2 Å². The molecule has 2 aromatic rings. The van der Waals surface area contributed by atoms with Crippen molar-refractivity contribution in [3.63, 3.8) is 0 Å². The molecule has 100 valence electrons. The number of imidazole rings is 1. The number of hydrogen-bond acceptors (Lipinski definition) is 3. The summed E-state index contributed by atoms with van der Waals surface area (Å²) in [4.78, 5) is 18.5. The molecule has 0 unspecified atom stereocenters.